The molecule has 7 aromatic carbocycles. The first-order valence-corrected chi connectivity index (χ1v) is 15.8. The van der Waals surface area contributed by atoms with E-state index in [1.165, 1.54) is 66.2 Å². The molecule has 2 aromatic heterocycles. The Morgan fingerprint density at radius 2 is 0.783 bits per heavy atom. The largest absolute Gasteiger partial charge is 0.309 e. The van der Waals surface area contributed by atoms with E-state index in [1.54, 1.807) is 0 Å². The van der Waals surface area contributed by atoms with Crippen molar-refractivity contribution in [2.45, 2.75) is 0 Å². The number of aromatic nitrogens is 2. The van der Waals surface area contributed by atoms with Crippen LogP contribution >= 0.6 is 0 Å². The molecular weight excluding hydrogens is 556 g/mol. The minimum atomic E-state index is 1.15. The number of rotatable bonds is 5. The minimum absolute atomic E-state index is 1.15. The van der Waals surface area contributed by atoms with Gasteiger partial charge in [-0.2, -0.15) is 0 Å². The first kappa shape index (κ1) is 26.3. The molecule has 0 saturated carbocycles. The second-order valence-electron chi connectivity index (χ2n) is 11.8. The quantitative estimate of drug-likeness (QED) is 0.190. The molecule has 0 fully saturated rings. The highest BCUT2D eigenvalue weighted by Gasteiger charge is 2.22. The van der Waals surface area contributed by atoms with Gasteiger partial charge in [0.05, 0.1) is 22.2 Å². The summed E-state index contributed by atoms with van der Waals surface area (Å²) >= 11 is 0. The maximum atomic E-state index is 2.43. The van der Waals surface area contributed by atoms with Crippen LogP contribution in [0.25, 0.3) is 77.6 Å². The van der Waals surface area contributed by atoms with Gasteiger partial charge < -0.3 is 9.13 Å². The van der Waals surface area contributed by atoms with E-state index in [4.69, 9.17) is 0 Å². The van der Waals surface area contributed by atoms with Crippen LogP contribution in [0.2, 0.25) is 0 Å². The van der Waals surface area contributed by atoms with Crippen molar-refractivity contribution in [1.82, 2.24) is 9.13 Å². The van der Waals surface area contributed by atoms with E-state index in [9.17, 15) is 0 Å². The second kappa shape index (κ2) is 10.8. The fourth-order valence-corrected chi connectivity index (χ4v) is 7.08. The monoisotopic (exact) mass is 586 g/mol. The van der Waals surface area contributed by atoms with Gasteiger partial charge in [-0.05, 0) is 64.7 Å². The van der Waals surface area contributed by atoms with Crippen molar-refractivity contribution in [3.05, 3.63) is 182 Å². The summed E-state index contributed by atoms with van der Waals surface area (Å²) in [6, 6.07) is 65.6. The molecule has 46 heavy (non-hydrogen) atoms. The first-order valence-electron chi connectivity index (χ1n) is 15.8. The van der Waals surface area contributed by atoms with Crippen molar-refractivity contribution < 1.29 is 0 Å². The molecule has 2 heteroatoms. The van der Waals surface area contributed by atoms with Crippen molar-refractivity contribution in [3.63, 3.8) is 0 Å². The summed E-state index contributed by atoms with van der Waals surface area (Å²) in [6.45, 7) is 0. The van der Waals surface area contributed by atoms with E-state index in [1.807, 2.05) is 0 Å². The van der Waals surface area contributed by atoms with Gasteiger partial charge in [0.1, 0.15) is 0 Å². The summed E-state index contributed by atoms with van der Waals surface area (Å²) in [6.07, 6.45) is 0. The zero-order chi connectivity index (χ0) is 30.5. The van der Waals surface area contributed by atoms with E-state index < -0.39 is 0 Å². The molecule has 0 saturated heterocycles. The highest BCUT2D eigenvalue weighted by Crippen LogP contribution is 2.44. The van der Waals surface area contributed by atoms with E-state index in [0.717, 1.165) is 11.4 Å². The third kappa shape index (κ3) is 4.19. The number of fused-ring (bicyclic) bond motifs is 4. The number of para-hydroxylation sites is 3. The molecule has 0 radical (unpaired) electrons. The van der Waals surface area contributed by atoms with Crippen LogP contribution in [0.15, 0.2) is 182 Å². The molecule has 0 amide bonds. The lowest BCUT2D eigenvalue weighted by atomic mass is 9.97. The topological polar surface area (TPSA) is 9.86 Å². The molecule has 9 aromatic rings. The molecule has 2 heterocycles. The van der Waals surface area contributed by atoms with Gasteiger partial charge in [0, 0.05) is 33.1 Å². The van der Waals surface area contributed by atoms with Crippen molar-refractivity contribution in [2.75, 3.05) is 0 Å². The van der Waals surface area contributed by atoms with Crippen molar-refractivity contribution >= 4 is 32.7 Å². The molecule has 0 aliphatic rings. The van der Waals surface area contributed by atoms with Gasteiger partial charge in [-0.1, -0.05) is 140 Å². The van der Waals surface area contributed by atoms with Gasteiger partial charge >= 0.3 is 0 Å². The summed E-state index contributed by atoms with van der Waals surface area (Å²) in [7, 11) is 0. The Balaban J connectivity index is 1.25. The Hall–Kier alpha value is -6.12. The van der Waals surface area contributed by atoms with Crippen LogP contribution in [0.1, 0.15) is 0 Å². The van der Waals surface area contributed by atoms with Crippen molar-refractivity contribution in [3.8, 4) is 44.9 Å². The molecular formula is C44H30N2. The molecule has 2 nitrogen and oxygen atoms in total. The van der Waals surface area contributed by atoms with Gasteiger partial charge in [0.2, 0.25) is 0 Å². The van der Waals surface area contributed by atoms with Gasteiger partial charge in [0.25, 0.3) is 0 Å². The van der Waals surface area contributed by atoms with Gasteiger partial charge in [0.15, 0.2) is 0 Å². The summed E-state index contributed by atoms with van der Waals surface area (Å²) in [4.78, 5) is 0. The molecule has 0 aliphatic carbocycles. The van der Waals surface area contributed by atoms with Crippen LogP contribution in [0.4, 0.5) is 0 Å². The van der Waals surface area contributed by atoms with Crippen LogP contribution in [0, 0.1) is 0 Å². The average molecular weight is 587 g/mol. The predicted molar refractivity (Wildman–Crippen MR) is 194 cm³/mol. The smallest absolute Gasteiger partial charge is 0.0619 e. The number of hydrogen-bond acceptors (Lipinski definition) is 0. The normalized spacial score (nSPS) is 11.5. The first-order chi connectivity index (χ1) is 22.8. The van der Waals surface area contributed by atoms with E-state index in [2.05, 4.69) is 191 Å². The lowest BCUT2D eigenvalue weighted by molar-refractivity contribution is 1.13. The Morgan fingerprint density at radius 3 is 1.41 bits per heavy atom. The molecule has 216 valence electrons. The van der Waals surface area contributed by atoms with Crippen molar-refractivity contribution in [2.24, 2.45) is 0 Å². The lowest BCUT2D eigenvalue weighted by Gasteiger charge is -2.13. The third-order valence-electron chi connectivity index (χ3n) is 9.13. The third-order valence-corrected chi connectivity index (χ3v) is 9.13. The summed E-state index contributed by atoms with van der Waals surface area (Å²) < 4.78 is 4.80. The summed E-state index contributed by atoms with van der Waals surface area (Å²) in [5.41, 5.74) is 13.2. The Bertz CT molecular complexity index is 2430. The minimum Gasteiger partial charge on any atom is -0.309 e. The van der Waals surface area contributed by atoms with E-state index in [0.29, 0.717) is 0 Å². The van der Waals surface area contributed by atoms with Crippen LogP contribution in [-0.4, -0.2) is 9.13 Å². The number of hydrogen-bond donors (Lipinski definition) is 0. The molecule has 0 bridgehead atoms. The fourth-order valence-electron chi connectivity index (χ4n) is 7.08. The van der Waals surface area contributed by atoms with Crippen LogP contribution in [-0.2, 0) is 0 Å². The van der Waals surface area contributed by atoms with E-state index in [-0.39, 0.29) is 0 Å². The molecule has 0 spiro atoms. The Kier molecular flexibility index (Phi) is 6.17. The SMILES string of the molecule is c1ccc(-c2c(-c3ccccc3)n(-c3ccccc3)c3cc(-c4ccc(-n5c6ccccc6c6ccccc65)cc4)ccc23)cc1. The van der Waals surface area contributed by atoms with E-state index >= 15 is 0 Å². The number of benzene rings is 7. The highest BCUT2D eigenvalue weighted by atomic mass is 15.0. The highest BCUT2D eigenvalue weighted by molar-refractivity contribution is 6.09. The average Bonchev–Trinajstić information content (AvgIpc) is 3.66. The molecule has 9 rings (SSSR count). The van der Waals surface area contributed by atoms with Gasteiger partial charge in [-0.25, -0.2) is 0 Å². The Labute approximate surface area is 268 Å². The fraction of sp³-hybridized carbons (Fsp3) is 0. The van der Waals surface area contributed by atoms with Crippen molar-refractivity contribution in [1.29, 1.82) is 0 Å². The second-order valence-corrected chi connectivity index (χ2v) is 11.8. The molecule has 0 N–H and O–H groups in total. The molecule has 0 unspecified atom stereocenters. The number of nitrogens with zero attached hydrogens (tertiary/aromatic N) is 2. The maximum absolute atomic E-state index is 2.43. The zero-order valence-electron chi connectivity index (χ0n) is 25.2. The van der Waals surface area contributed by atoms with Crippen LogP contribution < -0.4 is 0 Å². The summed E-state index contributed by atoms with van der Waals surface area (Å²) in [5.74, 6) is 0. The molecule has 0 atom stereocenters. The van der Waals surface area contributed by atoms with Gasteiger partial charge in [-0.15, -0.1) is 0 Å². The maximum Gasteiger partial charge on any atom is 0.0619 e. The molecule has 0 aliphatic heterocycles. The Morgan fingerprint density at radius 1 is 0.283 bits per heavy atom. The summed E-state index contributed by atoms with van der Waals surface area (Å²) in [5, 5.41) is 3.79. The predicted octanol–water partition coefficient (Wildman–Crippen LogP) is 11.7. The zero-order valence-corrected chi connectivity index (χ0v) is 25.2. The van der Waals surface area contributed by atoms with Crippen LogP contribution in [0.3, 0.4) is 0 Å². The van der Waals surface area contributed by atoms with Crippen LogP contribution in [0.5, 0.6) is 0 Å². The lowest BCUT2D eigenvalue weighted by Crippen LogP contribution is -1.97. The standard InChI is InChI=1S/C44H30N2/c1-4-14-32(15-5-1)43-39-29-26-34(30-42(39)46(35-18-8-3-9-19-35)44(43)33-16-6-2-7-17-33)31-24-27-36(28-25-31)45-40-22-12-10-20-37(40)38-21-11-13-23-41(38)45/h1-30H. The van der Waals surface area contributed by atoms with Gasteiger partial charge in [-0.3, -0.25) is 0 Å².